The Balaban J connectivity index is 5.00. The Morgan fingerprint density at radius 3 is 1.70 bits per heavy atom. The highest BCUT2D eigenvalue weighted by molar-refractivity contribution is 6.70. The highest BCUT2D eigenvalue weighted by Gasteiger charge is 2.54. The van der Waals surface area contributed by atoms with Gasteiger partial charge in [0.15, 0.2) is 0 Å². The fourth-order valence-electron chi connectivity index (χ4n) is 3.66. The number of hydrogen-bond acceptors (Lipinski definition) is 2. The monoisotopic (exact) mass is 344 g/mol. The van der Waals surface area contributed by atoms with Gasteiger partial charge in [-0.15, -0.1) is 0 Å². The summed E-state index contributed by atoms with van der Waals surface area (Å²) >= 11 is 0. The van der Waals surface area contributed by atoms with Crippen molar-refractivity contribution in [2.75, 3.05) is 13.2 Å². The van der Waals surface area contributed by atoms with Gasteiger partial charge in [0.1, 0.15) is 0 Å². The lowest BCUT2D eigenvalue weighted by Gasteiger charge is -2.47. The van der Waals surface area contributed by atoms with Crippen molar-refractivity contribution in [2.24, 2.45) is 11.8 Å². The minimum absolute atomic E-state index is 0.136. The molecule has 1 unspecified atom stereocenters. The molecule has 0 N–H and O–H groups in total. The molecule has 0 aliphatic rings. The minimum Gasteiger partial charge on any atom is -0.394 e. The van der Waals surface area contributed by atoms with E-state index in [9.17, 15) is 0 Å². The average Bonchev–Trinajstić information content (AvgIpc) is 2.49. The molecule has 0 aromatic carbocycles. The van der Waals surface area contributed by atoms with Crippen LogP contribution in [0.3, 0.4) is 0 Å². The lowest BCUT2D eigenvalue weighted by molar-refractivity contribution is 0.131. The van der Waals surface area contributed by atoms with Crippen molar-refractivity contribution in [2.45, 2.75) is 105 Å². The number of unbranched alkanes of at least 4 members (excludes halogenated alkanes) is 5. The molecule has 0 rings (SSSR count). The second-order valence-electron chi connectivity index (χ2n) is 7.89. The van der Waals surface area contributed by atoms with Crippen LogP contribution in [0, 0.1) is 11.8 Å². The van der Waals surface area contributed by atoms with Crippen molar-refractivity contribution in [3.05, 3.63) is 0 Å². The summed E-state index contributed by atoms with van der Waals surface area (Å²) in [6.07, 6.45) is 7.99. The first-order valence-corrected chi connectivity index (χ1v) is 12.1. The Labute approximate surface area is 148 Å². The van der Waals surface area contributed by atoms with Crippen LogP contribution in [0.25, 0.3) is 0 Å². The molecule has 0 aliphatic heterocycles. The van der Waals surface area contributed by atoms with Gasteiger partial charge < -0.3 is 8.85 Å². The lowest BCUT2D eigenvalue weighted by Crippen LogP contribution is -2.54. The maximum Gasteiger partial charge on any atom is 0.344 e. The SMILES string of the molecule is CCCCCCCC[Si](OCC)(OCC)C(C)(C)C(C)C(C)C. The smallest absolute Gasteiger partial charge is 0.344 e. The molecule has 0 heterocycles. The molecular weight excluding hydrogens is 300 g/mol. The molecule has 0 saturated heterocycles. The van der Waals surface area contributed by atoms with Gasteiger partial charge in [-0.3, -0.25) is 0 Å². The van der Waals surface area contributed by atoms with E-state index in [4.69, 9.17) is 8.85 Å². The third-order valence-corrected chi connectivity index (χ3v) is 10.7. The summed E-state index contributed by atoms with van der Waals surface area (Å²) in [5.74, 6) is 1.26. The van der Waals surface area contributed by atoms with Crippen LogP contribution in [0.2, 0.25) is 11.1 Å². The first-order valence-electron chi connectivity index (χ1n) is 10.1. The topological polar surface area (TPSA) is 18.5 Å². The predicted octanol–water partition coefficient (Wildman–Crippen LogP) is 6.93. The largest absolute Gasteiger partial charge is 0.394 e. The van der Waals surface area contributed by atoms with Crippen LogP contribution in [-0.2, 0) is 8.85 Å². The van der Waals surface area contributed by atoms with Crippen LogP contribution >= 0.6 is 0 Å². The highest BCUT2D eigenvalue weighted by Crippen LogP contribution is 2.50. The Morgan fingerprint density at radius 2 is 1.26 bits per heavy atom. The van der Waals surface area contributed by atoms with E-state index in [-0.39, 0.29) is 5.04 Å². The zero-order valence-electron chi connectivity index (χ0n) is 17.3. The van der Waals surface area contributed by atoms with Gasteiger partial charge in [0, 0.05) is 18.3 Å². The molecule has 0 fully saturated rings. The molecule has 0 spiro atoms. The van der Waals surface area contributed by atoms with Crippen molar-refractivity contribution in [3.63, 3.8) is 0 Å². The van der Waals surface area contributed by atoms with E-state index in [1.165, 1.54) is 38.5 Å². The number of hydrogen-bond donors (Lipinski definition) is 0. The molecule has 23 heavy (non-hydrogen) atoms. The quantitative estimate of drug-likeness (QED) is 0.251. The van der Waals surface area contributed by atoms with E-state index < -0.39 is 8.56 Å². The fraction of sp³-hybridized carbons (Fsp3) is 1.00. The number of rotatable bonds is 14. The van der Waals surface area contributed by atoms with E-state index in [1.54, 1.807) is 0 Å². The van der Waals surface area contributed by atoms with Crippen molar-refractivity contribution in [1.29, 1.82) is 0 Å². The molecule has 0 saturated carbocycles. The van der Waals surface area contributed by atoms with E-state index in [2.05, 4.69) is 55.4 Å². The van der Waals surface area contributed by atoms with Crippen molar-refractivity contribution in [3.8, 4) is 0 Å². The van der Waals surface area contributed by atoms with Gasteiger partial charge in [-0.25, -0.2) is 0 Å². The predicted molar refractivity (Wildman–Crippen MR) is 105 cm³/mol. The van der Waals surface area contributed by atoms with Gasteiger partial charge in [-0.2, -0.15) is 0 Å². The summed E-state index contributed by atoms with van der Waals surface area (Å²) in [6, 6.07) is 1.14. The second-order valence-corrected chi connectivity index (χ2v) is 11.8. The molecule has 0 aromatic rings. The van der Waals surface area contributed by atoms with Crippen LogP contribution < -0.4 is 0 Å². The normalized spacial score (nSPS) is 14.5. The van der Waals surface area contributed by atoms with Crippen LogP contribution in [0.4, 0.5) is 0 Å². The summed E-state index contributed by atoms with van der Waals surface area (Å²) in [6.45, 7) is 19.9. The van der Waals surface area contributed by atoms with Crippen molar-refractivity contribution in [1.82, 2.24) is 0 Å². The van der Waals surface area contributed by atoms with Gasteiger partial charge in [0.05, 0.1) is 0 Å². The first kappa shape index (κ1) is 23.1. The Morgan fingerprint density at radius 1 is 0.783 bits per heavy atom. The van der Waals surface area contributed by atoms with E-state index in [1.807, 2.05) is 0 Å². The fourth-order valence-corrected chi connectivity index (χ4v) is 8.10. The third-order valence-electron chi connectivity index (χ3n) is 5.73. The molecule has 140 valence electrons. The van der Waals surface area contributed by atoms with Gasteiger partial charge in [-0.1, -0.05) is 80.1 Å². The zero-order chi connectivity index (χ0) is 17.9. The van der Waals surface area contributed by atoms with Crippen LogP contribution in [0.5, 0.6) is 0 Å². The van der Waals surface area contributed by atoms with Gasteiger partial charge in [0.2, 0.25) is 0 Å². The summed E-state index contributed by atoms with van der Waals surface area (Å²) < 4.78 is 12.9. The maximum absolute atomic E-state index is 6.45. The molecular formula is C20H44O2Si. The van der Waals surface area contributed by atoms with Crippen molar-refractivity contribution < 1.29 is 8.85 Å². The molecule has 0 aliphatic carbocycles. The van der Waals surface area contributed by atoms with E-state index in [0.717, 1.165) is 19.3 Å². The summed E-state index contributed by atoms with van der Waals surface area (Å²) in [5, 5.41) is 0.136. The van der Waals surface area contributed by atoms with Crippen LogP contribution in [-0.4, -0.2) is 21.8 Å². The molecule has 0 radical (unpaired) electrons. The molecule has 2 nitrogen and oxygen atoms in total. The van der Waals surface area contributed by atoms with Gasteiger partial charge in [-0.05, 0) is 31.7 Å². The Hall–Kier alpha value is 0.137. The molecule has 0 aromatic heterocycles. The lowest BCUT2D eigenvalue weighted by atomic mass is 9.86. The van der Waals surface area contributed by atoms with Crippen LogP contribution in [0.1, 0.15) is 93.9 Å². The third kappa shape index (κ3) is 6.87. The maximum atomic E-state index is 6.45. The molecule has 1 atom stereocenters. The van der Waals surface area contributed by atoms with Gasteiger partial charge >= 0.3 is 8.56 Å². The van der Waals surface area contributed by atoms with E-state index in [0.29, 0.717) is 11.8 Å². The summed E-state index contributed by atoms with van der Waals surface area (Å²) in [7, 11) is -2.22. The standard InChI is InChI=1S/C20H44O2Si/c1-9-12-13-14-15-16-17-23(21-10-2,22-11-3)20(7,8)19(6)18(4)5/h18-19H,9-17H2,1-8H3. The summed E-state index contributed by atoms with van der Waals surface area (Å²) in [4.78, 5) is 0. The Kier molecular flexibility index (Phi) is 11.7. The average molecular weight is 345 g/mol. The Bertz CT molecular complexity index is 283. The summed E-state index contributed by atoms with van der Waals surface area (Å²) in [5.41, 5.74) is 0. The molecule has 3 heteroatoms. The zero-order valence-corrected chi connectivity index (χ0v) is 18.3. The van der Waals surface area contributed by atoms with Gasteiger partial charge in [0.25, 0.3) is 0 Å². The first-order chi connectivity index (χ1) is 10.8. The highest BCUT2D eigenvalue weighted by atomic mass is 28.4. The molecule has 0 amide bonds. The van der Waals surface area contributed by atoms with Crippen LogP contribution in [0.15, 0.2) is 0 Å². The minimum atomic E-state index is -2.22. The van der Waals surface area contributed by atoms with Crippen molar-refractivity contribution >= 4 is 8.56 Å². The second kappa shape index (κ2) is 11.6. The van der Waals surface area contributed by atoms with E-state index >= 15 is 0 Å². The molecule has 0 bridgehead atoms.